The second kappa shape index (κ2) is 6.47. The number of nitrogens with zero attached hydrogens (tertiary/aromatic N) is 3. The van der Waals surface area contributed by atoms with E-state index in [4.69, 9.17) is 10.5 Å². The molecule has 1 aromatic heterocycles. The van der Waals surface area contributed by atoms with Crippen LogP contribution in [-0.4, -0.2) is 46.9 Å². The number of aromatic nitrogens is 2. The van der Waals surface area contributed by atoms with Gasteiger partial charge in [-0.25, -0.2) is 0 Å². The fourth-order valence-corrected chi connectivity index (χ4v) is 2.76. The van der Waals surface area contributed by atoms with Gasteiger partial charge in [0.2, 0.25) is 0 Å². The number of methoxy groups -OCH3 is 1. The van der Waals surface area contributed by atoms with Gasteiger partial charge in [0.1, 0.15) is 5.69 Å². The number of nitrogens with two attached hydrogens (primary N) is 1. The number of hydrogen-bond acceptors (Lipinski definition) is 4. The molecule has 6 nitrogen and oxygen atoms in total. The molecule has 0 aromatic carbocycles. The molecule has 1 heterocycles. The molecule has 0 aliphatic heterocycles. The maximum Gasteiger partial charge on any atom is 0.274 e. The van der Waals surface area contributed by atoms with Crippen LogP contribution in [0.4, 0.5) is 5.69 Å². The first kappa shape index (κ1) is 15.8. The first-order chi connectivity index (χ1) is 10.0. The number of carbonyl (C=O) groups excluding carboxylic acids is 1. The van der Waals surface area contributed by atoms with Crippen LogP contribution in [0.5, 0.6) is 0 Å². The van der Waals surface area contributed by atoms with E-state index in [0.29, 0.717) is 30.5 Å². The van der Waals surface area contributed by atoms with Gasteiger partial charge in [0.15, 0.2) is 0 Å². The Morgan fingerprint density at radius 1 is 1.57 bits per heavy atom. The molecule has 0 radical (unpaired) electrons. The highest BCUT2D eigenvalue weighted by Crippen LogP contribution is 2.36. The number of amides is 1. The summed E-state index contributed by atoms with van der Waals surface area (Å²) in [5, 5.41) is 4.35. The van der Waals surface area contributed by atoms with Crippen molar-refractivity contribution in [3.8, 4) is 0 Å². The van der Waals surface area contributed by atoms with Crippen molar-refractivity contribution in [2.24, 2.45) is 13.0 Å². The monoisotopic (exact) mass is 294 g/mol. The lowest BCUT2D eigenvalue weighted by Crippen LogP contribution is -2.43. The van der Waals surface area contributed by atoms with Crippen LogP contribution in [-0.2, 0) is 18.2 Å². The minimum atomic E-state index is -0.0429. The average Bonchev–Trinajstić information content (AvgIpc) is 3.25. The Morgan fingerprint density at radius 3 is 2.71 bits per heavy atom. The molecule has 1 aromatic rings. The predicted molar refractivity (Wildman–Crippen MR) is 82.1 cm³/mol. The fourth-order valence-electron chi connectivity index (χ4n) is 2.76. The molecule has 118 valence electrons. The molecule has 0 bridgehead atoms. The zero-order valence-electron chi connectivity index (χ0n) is 13.4. The normalized spacial score (nSPS) is 16.0. The van der Waals surface area contributed by atoms with E-state index in [1.54, 1.807) is 18.8 Å². The predicted octanol–water partition coefficient (Wildman–Crippen LogP) is 1.45. The lowest BCUT2D eigenvalue weighted by molar-refractivity contribution is 0.0585. The molecule has 6 heteroatoms. The van der Waals surface area contributed by atoms with E-state index in [2.05, 4.69) is 12.0 Å². The highest BCUT2D eigenvalue weighted by molar-refractivity contribution is 5.98. The summed E-state index contributed by atoms with van der Waals surface area (Å²) in [4.78, 5) is 14.8. The van der Waals surface area contributed by atoms with Gasteiger partial charge in [-0.2, -0.15) is 5.10 Å². The SMILES string of the molecule is CCc1nn(C)c(C(=O)N(CCOC)C(C)C2CC2)c1N. The molecule has 1 fully saturated rings. The Balaban J connectivity index is 2.26. The minimum absolute atomic E-state index is 0.0429. The largest absolute Gasteiger partial charge is 0.395 e. The number of anilines is 1. The smallest absolute Gasteiger partial charge is 0.274 e. The summed E-state index contributed by atoms with van der Waals surface area (Å²) in [6, 6.07) is 0.215. The highest BCUT2D eigenvalue weighted by Gasteiger charge is 2.36. The highest BCUT2D eigenvalue weighted by atomic mass is 16.5. The van der Waals surface area contributed by atoms with Crippen molar-refractivity contribution >= 4 is 11.6 Å². The van der Waals surface area contributed by atoms with Crippen molar-refractivity contribution in [1.29, 1.82) is 0 Å². The van der Waals surface area contributed by atoms with E-state index in [0.717, 1.165) is 12.1 Å². The quantitative estimate of drug-likeness (QED) is 0.826. The van der Waals surface area contributed by atoms with Gasteiger partial charge >= 0.3 is 0 Å². The second-order valence-corrected chi connectivity index (χ2v) is 5.76. The maximum absolute atomic E-state index is 12.9. The Morgan fingerprint density at radius 2 is 2.24 bits per heavy atom. The van der Waals surface area contributed by atoms with Crippen molar-refractivity contribution in [2.75, 3.05) is 26.0 Å². The molecular formula is C15H26N4O2. The van der Waals surface area contributed by atoms with E-state index in [-0.39, 0.29) is 11.9 Å². The molecule has 1 saturated carbocycles. The summed E-state index contributed by atoms with van der Waals surface area (Å²) < 4.78 is 6.76. The summed E-state index contributed by atoms with van der Waals surface area (Å²) in [6.07, 6.45) is 3.11. The molecule has 0 saturated heterocycles. The first-order valence-electron chi connectivity index (χ1n) is 7.62. The van der Waals surface area contributed by atoms with Crippen LogP contribution in [0, 0.1) is 5.92 Å². The Bertz CT molecular complexity index is 508. The third kappa shape index (κ3) is 3.20. The minimum Gasteiger partial charge on any atom is -0.395 e. The Labute approximate surface area is 126 Å². The molecule has 0 spiro atoms. The molecular weight excluding hydrogens is 268 g/mol. The fraction of sp³-hybridized carbons (Fsp3) is 0.733. The second-order valence-electron chi connectivity index (χ2n) is 5.76. The topological polar surface area (TPSA) is 73.4 Å². The zero-order chi connectivity index (χ0) is 15.6. The maximum atomic E-state index is 12.9. The summed E-state index contributed by atoms with van der Waals surface area (Å²) >= 11 is 0. The number of ether oxygens (including phenoxy) is 1. The van der Waals surface area contributed by atoms with E-state index in [1.807, 2.05) is 11.8 Å². The number of hydrogen-bond donors (Lipinski definition) is 1. The molecule has 1 unspecified atom stereocenters. The molecule has 21 heavy (non-hydrogen) atoms. The van der Waals surface area contributed by atoms with E-state index in [1.165, 1.54) is 12.8 Å². The van der Waals surface area contributed by atoms with Crippen LogP contribution in [0.1, 0.15) is 42.9 Å². The van der Waals surface area contributed by atoms with Crippen LogP contribution in [0.15, 0.2) is 0 Å². The lowest BCUT2D eigenvalue weighted by Gasteiger charge is -2.29. The van der Waals surface area contributed by atoms with Crippen molar-refractivity contribution in [3.63, 3.8) is 0 Å². The van der Waals surface area contributed by atoms with E-state index in [9.17, 15) is 4.79 Å². The molecule has 2 N–H and O–H groups in total. The van der Waals surface area contributed by atoms with Crippen LogP contribution in [0.25, 0.3) is 0 Å². The van der Waals surface area contributed by atoms with Gasteiger partial charge in [0, 0.05) is 26.7 Å². The van der Waals surface area contributed by atoms with Gasteiger partial charge in [-0.1, -0.05) is 6.92 Å². The summed E-state index contributed by atoms with van der Waals surface area (Å²) in [6.45, 7) is 5.21. The van der Waals surface area contributed by atoms with Gasteiger partial charge in [-0.15, -0.1) is 0 Å². The molecule has 1 atom stereocenters. The Kier molecular flexibility index (Phi) is 4.88. The van der Waals surface area contributed by atoms with Crippen molar-refractivity contribution in [3.05, 3.63) is 11.4 Å². The van der Waals surface area contributed by atoms with E-state index < -0.39 is 0 Å². The summed E-state index contributed by atoms with van der Waals surface area (Å²) in [5.41, 5.74) is 7.90. The Hall–Kier alpha value is -1.56. The number of rotatable bonds is 7. The first-order valence-corrected chi connectivity index (χ1v) is 7.62. The van der Waals surface area contributed by atoms with Crippen LogP contribution >= 0.6 is 0 Å². The third-order valence-electron chi connectivity index (χ3n) is 4.29. The number of carbonyl (C=O) groups is 1. The molecule has 1 aliphatic rings. The van der Waals surface area contributed by atoms with Gasteiger partial charge < -0.3 is 15.4 Å². The summed E-state index contributed by atoms with van der Waals surface area (Å²) in [7, 11) is 3.43. The third-order valence-corrected chi connectivity index (χ3v) is 4.29. The van der Waals surface area contributed by atoms with Gasteiger partial charge in [-0.3, -0.25) is 9.48 Å². The molecule has 2 rings (SSSR count). The molecule has 1 aliphatic carbocycles. The lowest BCUT2D eigenvalue weighted by atomic mass is 10.1. The van der Waals surface area contributed by atoms with Gasteiger partial charge in [-0.05, 0) is 32.1 Å². The van der Waals surface area contributed by atoms with E-state index >= 15 is 0 Å². The zero-order valence-corrected chi connectivity index (χ0v) is 13.4. The van der Waals surface area contributed by atoms with Gasteiger partial charge in [0.25, 0.3) is 5.91 Å². The number of nitrogen functional groups attached to an aromatic ring is 1. The van der Waals surface area contributed by atoms with Crippen LogP contribution < -0.4 is 5.73 Å². The van der Waals surface area contributed by atoms with Crippen LogP contribution in [0.3, 0.4) is 0 Å². The standard InChI is InChI=1S/C15H26N4O2/c1-5-12-13(16)14(18(3)17-12)15(20)19(8-9-21-4)10(2)11-6-7-11/h10-11H,5-9,16H2,1-4H3. The van der Waals surface area contributed by atoms with Crippen LogP contribution in [0.2, 0.25) is 0 Å². The average molecular weight is 294 g/mol. The van der Waals surface area contributed by atoms with Gasteiger partial charge in [0.05, 0.1) is 18.0 Å². The molecule has 1 amide bonds. The van der Waals surface area contributed by atoms with Crippen molar-refractivity contribution < 1.29 is 9.53 Å². The van der Waals surface area contributed by atoms with Crippen molar-refractivity contribution in [1.82, 2.24) is 14.7 Å². The number of aryl methyl sites for hydroxylation is 2. The summed E-state index contributed by atoms with van der Waals surface area (Å²) in [5.74, 6) is 0.560. The van der Waals surface area contributed by atoms with Crippen molar-refractivity contribution in [2.45, 2.75) is 39.2 Å².